The van der Waals surface area contributed by atoms with Gasteiger partial charge in [-0.2, -0.15) is 5.26 Å². The molecule has 1 fully saturated rings. The van der Waals surface area contributed by atoms with Crippen LogP contribution in [0.4, 0.5) is 0 Å². The van der Waals surface area contributed by atoms with Crippen LogP contribution in [0.5, 0.6) is 11.5 Å². The molecule has 1 aromatic rings. The van der Waals surface area contributed by atoms with Crippen molar-refractivity contribution in [3.63, 3.8) is 0 Å². The highest BCUT2D eigenvalue weighted by Gasteiger charge is 2.42. The quantitative estimate of drug-likeness (QED) is 0.0457. The Morgan fingerprint density at radius 2 is 1.35 bits per heavy atom. The number of thioether (sulfide) groups is 4. The minimum atomic E-state index is -0.520. The number of hydrogen-bond donors (Lipinski definition) is 1. The molecule has 1 atom stereocenters. The first-order chi connectivity index (χ1) is 21.0. The zero-order valence-electron chi connectivity index (χ0n) is 24.1. The van der Waals surface area contributed by atoms with Gasteiger partial charge in [-0.3, -0.25) is 0 Å². The summed E-state index contributed by atoms with van der Waals surface area (Å²) in [6.07, 6.45) is 0. The molecule has 3 aliphatic heterocycles. The third-order valence-corrected chi connectivity index (χ3v) is 10.8. The van der Waals surface area contributed by atoms with Crippen LogP contribution < -0.4 is 14.8 Å². The summed E-state index contributed by atoms with van der Waals surface area (Å²) in [6.45, 7) is 8.92. The second-order valence-corrected chi connectivity index (χ2v) is 13.1. The molecule has 234 valence electrons. The number of esters is 2. The molecule has 0 amide bonds. The molecule has 0 bridgehead atoms. The molecular formula is C27H32N2O10S4. The van der Waals surface area contributed by atoms with Gasteiger partial charge in [0.15, 0.2) is 12.4 Å². The molecule has 0 unspecified atom stereocenters. The maximum Gasteiger partial charge on any atom is 0.344 e. The molecule has 1 aromatic carbocycles. The van der Waals surface area contributed by atoms with E-state index in [4.69, 9.17) is 38.5 Å². The number of ether oxygens (including phenoxy) is 4. The smallest absolute Gasteiger partial charge is 0.344 e. The van der Waals surface area contributed by atoms with E-state index in [1.54, 1.807) is 20.8 Å². The predicted molar refractivity (Wildman–Crippen MR) is 161 cm³/mol. The molecule has 12 nitrogen and oxygen atoms in total. The number of nitriles is 1. The van der Waals surface area contributed by atoms with Crippen molar-refractivity contribution in [1.82, 2.24) is 5.32 Å². The number of nitrogens with one attached hydrogen (secondary N) is 1. The molecule has 0 radical (unpaired) electrons. The molecule has 0 aliphatic carbocycles. The van der Waals surface area contributed by atoms with Gasteiger partial charge in [-0.15, -0.1) is 0 Å². The predicted octanol–water partition coefficient (Wildman–Crippen LogP) is 4.82. The third-order valence-electron chi connectivity index (χ3n) is 5.53. The summed E-state index contributed by atoms with van der Waals surface area (Å²) in [5.41, 5.74) is 0.906. The van der Waals surface area contributed by atoms with Crippen LogP contribution in [-0.4, -0.2) is 77.4 Å². The van der Waals surface area contributed by atoms with E-state index in [-0.39, 0.29) is 45.7 Å². The van der Waals surface area contributed by atoms with Crippen LogP contribution in [-0.2, 0) is 38.6 Å². The molecule has 16 heteroatoms. The van der Waals surface area contributed by atoms with Gasteiger partial charge in [-0.05, 0) is 27.7 Å². The van der Waals surface area contributed by atoms with Crippen molar-refractivity contribution in [3.05, 3.63) is 19.6 Å². The lowest BCUT2D eigenvalue weighted by Gasteiger charge is -2.17. The van der Waals surface area contributed by atoms with Crippen molar-refractivity contribution in [1.29, 1.82) is 5.26 Å². The van der Waals surface area contributed by atoms with Crippen molar-refractivity contribution in [3.8, 4) is 17.6 Å². The van der Waals surface area contributed by atoms with Gasteiger partial charge < -0.3 is 24.3 Å². The molecule has 0 spiro atoms. The highest BCUT2D eigenvalue weighted by atomic mass is 32.2. The lowest BCUT2D eigenvalue weighted by Crippen LogP contribution is -2.15. The number of carbonyl (C=O) groups is 2. The van der Waals surface area contributed by atoms with Crippen LogP contribution in [0.3, 0.4) is 0 Å². The van der Waals surface area contributed by atoms with Crippen LogP contribution >= 0.6 is 47.0 Å². The Bertz CT molecular complexity index is 1310. The summed E-state index contributed by atoms with van der Waals surface area (Å²) in [5, 5.41) is 13.1. The molecule has 0 aromatic heterocycles. The van der Waals surface area contributed by atoms with E-state index in [0.717, 1.165) is 9.13 Å². The van der Waals surface area contributed by atoms with E-state index in [9.17, 15) is 14.9 Å². The van der Waals surface area contributed by atoms with E-state index in [2.05, 4.69) is 11.4 Å². The number of benzene rings is 1. The van der Waals surface area contributed by atoms with Crippen LogP contribution in [0.15, 0.2) is 39.2 Å². The highest BCUT2D eigenvalue weighted by molar-refractivity contribution is 8.26. The first-order valence-corrected chi connectivity index (χ1v) is 16.9. The molecule has 1 saturated heterocycles. The Labute approximate surface area is 266 Å². The lowest BCUT2D eigenvalue weighted by molar-refractivity contribution is -0.293. The number of rotatable bonds is 17. The van der Waals surface area contributed by atoms with Crippen LogP contribution in [0.2, 0.25) is 0 Å². The molecule has 3 heterocycles. The topological polar surface area (TPSA) is 154 Å². The van der Waals surface area contributed by atoms with Crippen molar-refractivity contribution in [2.45, 2.75) is 53.3 Å². The van der Waals surface area contributed by atoms with Gasteiger partial charge in [0.25, 0.3) is 0 Å². The summed E-state index contributed by atoms with van der Waals surface area (Å²) in [7, 11) is 0. The average molecular weight is 673 g/mol. The van der Waals surface area contributed by atoms with Crippen molar-refractivity contribution >= 4 is 59.0 Å². The Morgan fingerprint density at radius 3 is 1.91 bits per heavy atom. The van der Waals surface area contributed by atoms with Gasteiger partial charge in [-0.1, -0.05) is 47.0 Å². The van der Waals surface area contributed by atoms with Gasteiger partial charge in [-0.25, -0.2) is 29.1 Å². The average Bonchev–Trinajstić information content (AvgIpc) is 3.57. The maximum absolute atomic E-state index is 13.0. The van der Waals surface area contributed by atoms with E-state index < -0.39 is 11.9 Å². The second kappa shape index (κ2) is 16.8. The van der Waals surface area contributed by atoms with Crippen LogP contribution in [0, 0.1) is 11.3 Å². The van der Waals surface area contributed by atoms with Gasteiger partial charge in [0.1, 0.15) is 25.6 Å². The lowest BCUT2D eigenvalue weighted by atomic mass is 10.2. The summed E-state index contributed by atoms with van der Waals surface area (Å²) in [6, 6.07) is 2.08. The van der Waals surface area contributed by atoms with E-state index in [1.807, 2.05) is 6.92 Å². The summed E-state index contributed by atoms with van der Waals surface area (Å²) >= 11 is 5.39. The normalized spacial score (nSPS) is 18.8. The first kappa shape index (κ1) is 33.8. The number of nitrogens with zero attached hydrogens (tertiary/aromatic N) is 1. The summed E-state index contributed by atoms with van der Waals surface area (Å²) in [5.74, 6) is 0.0688. The molecule has 0 saturated carbocycles. The van der Waals surface area contributed by atoms with Crippen LogP contribution in [0.25, 0.3) is 0 Å². The van der Waals surface area contributed by atoms with Crippen molar-refractivity contribution in [2.75, 3.05) is 59.4 Å². The standard InChI is InChI=1S/C27H32N2O10S4/c1-5-32-17(30)14-35-20-23-21(40-26(41-23)15(11-28)13-39-37-8-4)19(34-9-10-38-36-7-3)22-24(20)43-27(42-22)18(16-12-29-16)25(31)33-6-2/h16,29H,5-10,12-14H2,1-4H3/b26-15-,27-18+/t16-/m1/s1. The summed E-state index contributed by atoms with van der Waals surface area (Å²) in [4.78, 5) is 48.4. The largest absolute Gasteiger partial charge is 0.489 e. The van der Waals surface area contributed by atoms with Gasteiger partial charge >= 0.3 is 11.9 Å². The van der Waals surface area contributed by atoms with E-state index >= 15 is 0 Å². The first-order valence-electron chi connectivity index (χ1n) is 13.6. The maximum atomic E-state index is 13.0. The number of hydrogen-bond acceptors (Lipinski definition) is 16. The zero-order valence-corrected chi connectivity index (χ0v) is 27.4. The highest BCUT2D eigenvalue weighted by Crippen LogP contribution is 2.68. The van der Waals surface area contributed by atoms with E-state index in [1.165, 1.54) is 47.0 Å². The minimum absolute atomic E-state index is 0.0432. The third kappa shape index (κ3) is 8.56. The minimum Gasteiger partial charge on any atom is -0.489 e. The Balaban J connectivity index is 1.80. The zero-order chi connectivity index (χ0) is 30.8. The van der Waals surface area contributed by atoms with Gasteiger partial charge in [0, 0.05) is 6.54 Å². The fourth-order valence-electron chi connectivity index (χ4n) is 3.71. The monoisotopic (exact) mass is 672 g/mol. The van der Waals surface area contributed by atoms with Gasteiger partial charge in [0.2, 0.25) is 0 Å². The second-order valence-electron chi connectivity index (χ2n) is 8.48. The molecule has 1 N–H and O–H groups in total. The molecular weight excluding hydrogens is 641 g/mol. The molecule has 4 rings (SSSR count). The van der Waals surface area contributed by atoms with Gasteiger partial charge in [0.05, 0.1) is 77.7 Å². The van der Waals surface area contributed by atoms with Crippen molar-refractivity contribution < 1.29 is 48.1 Å². The fourth-order valence-corrected chi connectivity index (χ4v) is 9.30. The molecule has 3 aliphatic rings. The Hall–Kier alpha value is -2.07. The molecule has 43 heavy (non-hydrogen) atoms. The number of fused-ring (bicyclic) bond motifs is 2. The Morgan fingerprint density at radius 1 is 0.767 bits per heavy atom. The summed E-state index contributed by atoms with van der Waals surface area (Å²) < 4.78 is 24.3. The van der Waals surface area contributed by atoms with Crippen LogP contribution in [0.1, 0.15) is 27.7 Å². The van der Waals surface area contributed by atoms with Crippen molar-refractivity contribution in [2.24, 2.45) is 0 Å². The Kier molecular flexibility index (Phi) is 13.3. The fraction of sp³-hybridized carbons (Fsp3) is 0.519. The number of carbonyl (C=O) groups excluding carboxylic acids is 2. The van der Waals surface area contributed by atoms with E-state index in [0.29, 0.717) is 61.3 Å². The SMILES string of the molecule is CCOOCCOc1c2c(c(OCC(=O)OCC)c3c1S/C(=C(\C(=O)OCC)[C@H]1CN1)S3)S/C(=C(/C#N)COOCC)S2.